The van der Waals surface area contributed by atoms with Gasteiger partial charge in [-0.1, -0.05) is 29.8 Å². The number of halogens is 3. The van der Waals surface area contributed by atoms with Crippen LogP contribution in [0.15, 0.2) is 36.4 Å². The maximum atomic E-state index is 14.1. The molecule has 0 saturated heterocycles. The predicted octanol–water partition coefficient (Wildman–Crippen LogP) is 3.70. The number of rotatable bonds is 4. The molecule has 112 valence electrons. The molecular formula is C16H16ClF2NO. The van der Waals surface area contributed by atoms with E-state index < -0.39 is 23.7 Å². The van der Waals surface area contributed by atoms with Gasteiger partial charge in [0.1, 0.15) is 11.6 Å². The van der Waals surface area contributed by atoms with Crippen LogP contribution in [-0.4, -0.2) is 11.7 Å². The van der Waals surface area contributed by atoms with Crippen molar-refractivity contribution in [1.29, 1.82) is 0 Å². The van der Waals surface area contributed by atoms with E-state index in [4.69, 9.17) is 17.3 Å². The van der Waals surface area contributed by atoms with E-state index in [0.717, 1.165) is 0 Å². The summed E-state index contributed by atoms with van der Waals surface area (Å²) in [5.74, 6) is -1.77. The number of aryl methyl sites for hydroxylation is 1. The second kappa shape index (κ2) is 6.52. The Morgan fingerprint density at radius 1 is 1.19 bits per heavy atom. The van der Waals surface area contributed by atoms with E-state index >= 15 is 0 Å². The fourth-order valence-electron chi connectivity index (χ4n) is 2.38. The van der Waals surface area contributed by atoms with E-state index in [0.29, 0.717) is 11.1 Å². The summed E-state index contributed by atoms with van der Waals surface area (Å²) in [5, 5.41) is 10.5. The van der Waals surface area contributed by atoms with Crippen LogP contribution in [0.3, 0.4) is 0 Å². The largest absolute Gasteiger partial charge is 0.388 e. The van der Waals surface area contributed by atoms with Gasteiger partial charge >= 0.3 is 0 Å². The van der Waals surface area contributed by atoms with Crippen molar-refractivity contribution < 1.29 is 13.9 Å². The van der Waals surface area contributed by atoms with Crippen molar-refractivity contribution in [2.75, 3.05) is 6.54 Å². The molecule has 0 bridgehead atoms. The lowest BCUT2D eigenvalue weighted by Crippen LogP contribution is -2.22. The first-order chi connectivity index (χ1) is 9.95. The normalized spacial score (nSPS) is 14.0. The zero-order chi connectivity index (χ0) is 15.6. The van der Waals surface area contributed by atoms with Crippen molar-refractivity contribution in [2.24, 2.45) is 5.73 Å². The van der Waals surface area contributed by atoms with Crippen molar-refractivity contribution in [3.63, 3.8) is 0 Å². The fraction of sp³-hybridized carbons (Fsp3) is 0.250. The van der Waals surface area contributed by atoms with Crippen LogP contribution in [0, 0.1) is 18.6 Å². The van der Waals surface area contributed by atoms with Crippen LogP contribution in [0.4, 0.5) is 8.78 Å². The highest BCUT2D eigenvalue weighted by Crippen LogP contribution is 2.35. The molecule has 21 heavy (non-hydrogen) atoms. The Labute approximate surface area is 127 Å². The first-order valence-electron chi connectivity index (χ1n) is 6.53. The number of hydrogen-bond acceptors (Lipinski definition) is 2. The van der Waals surface area contributed by atoms with Crippen molar-refractivity contribution >= 4 is 11.6 Å². The Kier molecular flexibility index (Phi) is 4.93. The molecule has 0 aliphatic carbocycles. The molecule has 0 amide bonds. The number of hydrogen-bond donors (Lipinski definition) is 2. The molecule has 2 nitrogen and oxygen atoms in total. The standard InChI is InChI=1S/C16H16ClF2NO/c1-9-5-6-10(18)7-12(9)16(21)13(8-20)11-3-2-4-14(17)15(11)19/h2-7,13,16,21H,8,20H2,1H3. The van der Waals surface area contributed by atoms with Crippen LogP contribution in [0.1, 0.15) is 28.7 Å². The summed E-state index contributed by atoms with van der Waals surface area (Å²) in [5.41, 5.74) is 7.02. The van der Waals surface area contributed by atoms with Crippen LogP contribution in [-0.2, 0) is 0 Å². The SMILES string of the molecule is Cc1ccc(F)cc1C(O)C(CN)c1cccc(Cl)c1F. The third-order valence-corrected chi connectivity index (χ3v) is 3.87. The number of nitrogens with two attached hydrogens (primary N) is 1. The van der Waals surface area contributed by atoms with Gasteiger partial charge in [0, 0.05) is 12.5 Å². The average molecular weight is 312 g/mol. The molecule has 0 aromatic heterocycles. The highest BCUT2D eigenvalue weighted by Gasteiger charge is 2.26. The van der Waals surface area contributed by atoms with Crippen LogP contribution in [0.2, 0.25) is 5.02 Å². The van der Waals surface area contributed by atoms with E-state index in [9.17, 15) is 13.9 Å². The Balaban J connectivity index is 2.45. The Bertz CT molecular complexity index is 648. The van der Waals surface area contributed by atoms with Crippen LogP contribution in [0.25, 0.3) is 0 Å². The Morgan fingerprint density at radius 3 is 2.57 bits per heavy atom. The summed E-state index contributed by atoms with van der Waals surface area (Å²) >= 11 is 5.76. The topological polar surface area (TPSA) is 46.2 Å². The maximum absolute atomic E-state index is 14.1. The lowest BCUT2D eigenvalue weighted by atomic mass is 9.87. The van der Waals surface area contributed by atoms with Gasteiger partial charge in [-0.2, -0.15) is 0 Å². The second-order valence-corrected chi connectivity index (χ2v) is 5.34. The van der Waals surface area contributed by atoms with Crippen molar-refractivity contribution in [3.05, 3.63) is 69.7 Å². The van der Waals surface area contributed by atoms with E-state index in [1.165, 1.54) is 24.3 Å². The van der Waals surface area contributed by atoms with Gasteiger partial charge in [0.2, 0.25) is 0 Å². The lowest BCUT2D eigenvalue weighted by molar-refractivity contribution is 0.144. The van der Waals surface area contributed by atoms with Gasteiger partial charge in [0.25, 0.3) is 0 Å². The van der Waals surface area contributed by atoms with E-state index in [1.54, 1.807) is 19.1 Å². The zero-order valence-corrected chi connectivity index (χ0v) is 12.2. The first-order valence-corrected chi connectivity index (χ1v) is 6.91. The summed E-state index contributed by atoms with van der Waals surface area (Å²) in [6.45, 7) is 1.76. The van der Waals surface area contributed by atoms with Crippen molar-refractivity contribution in [2.45, 2.75) is 18.9 Å². The summed E-state index contributed by atoms with van der Waals surface area (Å²) in [6, 6.07) is 8.66. The molecule has 0 spiro atoms. The van der Waals surface area contributed by atoms with Crippen molar-refractivity contribution in [1.82, 2.24) is 0 Å². The molecule has 5 heteroatoms. The zero-order valence-electron chi connectivity index (χ0n) is 11.5. The third kappa shape index (κ3) is 3.23. The Hall–Kier alpha value is -1.49. The molecule has 2 aromatic carbocycles. The van der Waals surface area contributed by atoms with Crippen LogP contribution in [0.5, 0.6) is 0 Å². The van der Waals surface area contributed by atoms with Gasteiger partial charge in [-0.25, -0.2) is 8.78 Å². The number of aliphatic hydroxyl groups is 1. The molecular weight excluding hydrogens is 296 g/mol. The molecule has 0 radical (unpaired) electrons. The van der Waals surface area contributed by atoms with Crippen LogP contribution >= 0.6 is 11.6 Å². The highest BCUT2D eigenvalue weighted by molar-refractivity contribution is 6.30. The van der Waals surface area contributed by atoms with Crippen LogP contribution < -0.4 is 5.73 Å². The molecule has 2 unspecified atom stereocenters. The highest BCUT2D eigenvalue weighted by atomic mass is 35.5. The molecule has 0 saturated carbocycles. The van der Waals surface area contributed by atoms with E-state index in [2.05, 4.69) is 0 Å². The number of benzene rings is 2. The monoisotopic (exact) mass is 311 g/mol. The smallest absolute Gasteiger partial charge is 0.145 e. The molecule has 0 fully saturated rings. The molecule has 0 aliphatic heterocycles. The molecule has 0 aliphatic rings. The summed E-state index contributed by atoms with van der Waals surface area (Å²) in [7, 11) is 0. The van der Waals surface area contributed by atoms with Gasteiger partial charge in [-0.15, -0.1) is 0 Å². The molecule has 2 rings (SSSR count). The van der Waals surface area contributed by atoms with Gasteiger partial charge in [-0.3, -0.25) is 0 Å². The average Bonchev–Trinajstić information content (AvgIpc) is 2.46. The molecule has 2 atom stereocenters. The minimum absolute atomic E-state index is 0.00832. The summed E-state index contributed by atoms with van der Waals surface area (Å²) in [4.78, 5) is 0. The third-order valence-electron chi connectivity index (χ3n) is 3.58. The van der Waals surface area contributed by atoms with Gasteiger partial charge in [0.15, 0.2) is 0 Å². The maximum Gasteiger partial charge on any atom is 0.145 e. The second-order valence-electron chi connectivity index (χ2n) is 4.93. The summed E-state index contributed by atoms with van der Waals surface area (Å²) in [6.07, 6.45) is -1.11. The fourth-order valence-corrected chi connectivity index (χ4v) is 2.56. The molecule has 0 heterocycles. The van der Waals surface area contributed by atoms with E-state index in [-0.39, 0.29) is 17.1 Å². The minimum Gasteiger partial charge on any atom is -0.388 e. The number of aliphatic hydroxyl groups excluding tert-OH is 1. The predicted molar refractivity (Wildman–Crippen MR) is 79.3 cm³/mol. The van der Waals surface area contributed by atoms with Gasteiger partial charge < -0.3 is 10.8 Å². The lowest BCUT2D eigenvalue weighted by Gasteiger charge is -2.24. The Morgan fingerprint density at radius 2 is 1.90 bits per heavy atom. The van der Waals surface area contributed by atoms with Gasteiger partial charge in [0.05, 0.1) is 11.1 Å². The minimum atomic E-state index is -1.11. The van der Waals surface area contributed by atoms with E-state index in [1.807, 2.05) is 0 Å². The molecule has 3 N–H and O–H groups in total. The first kappa shape index (κ1) is 15.9. The van der Waals surface area contributed by atoms with Gasteiger partial charge in [-0.05, 0) is 41.8 Å². The summed E-state index contributed by atoms with van der Waals surface area (Å²) < 4.78 is 27.5. The quantitative estimate of drug-likeness (QED) is 0.904. The van der Waals surface area contributed by atoms with Crippen molar-refractivity contribution in [3.8, 4) is 0 Å². The molecule has 2 aromatic rings.